The van der Waals surface area contributed by atoms with E-state index in [4.69, 9.17) is 9.47 Å². The van der Waals surface area contributed by atoms with Gasteiger partial charge >= 0.3 is 0 Å². The Bertz CT molecular complexity index is 551. The van der Waals surface area contributed by atoms with Crippen molar-refractivity contribution in [3.05, 3.63) is 29.8 Å². The van der Waals surface area contributed by atoms with Crippen LogP contribution in [0.2, 0.25) is 0 Å². The van der Waals surface area contributed by atoms with Crippen molar-refractivity contribution in [2.24, 2.45) is 0 Å². The highest BCUT2D eigenvalue weighted by molar-refractivity contribution is 5.77. The lowest BCUT2D eigenvalue weighted by Crippen LogP contribution is -2.40. The summed E-state index contributed by atoms with van der Waals surface area (Å²) >= 11 is 0. The van der Waals surface area contributed by atoms with Gasteiger partial charge in [0.2, 0.25) is 5.91 Å². The van der Waals surface area contributed by atoms with Gasteiger partial charge in [-0.25, -0.2) is 0 Å². The number of aryl methyl sites for hydroxylation is 1. The molecule has 1 heterocycles. The SMILES string of the molecule is CCOCC(=O)N1CCCCCc2ccccc2OC[C@@H](O)[C@@H](O)CC1. The molecule has 1 aliphatic rings. The van der Waals surface area contributed by atoms with Gasteiger partial charge in [-0.15, -0.1) is 0 Å². The zero-order chi connectivity index (χ0) is 18.8. The fourth-order valence-electron chi connectivity index (χ4n) is 3.05. The van der Waals surface area contributed by atoms with Crippen LogP contribution in [0.15, 0.2) is 24.3 Å². The van der Waals surface area contributed by atoms with Crippen LogP contribution in [0.1, 0.15) is 38.2 Å². The topological polar surface area (TPSA) is 79.2 Å². The lowest BCUT2D eigenvalue weighted by atomic mass is 10.0. The van der Waals surface area contributed by atoms with Crippen LogP contribution < -0.4 is 4.74 Å². The van der Waals surface area contributed by atoms with Crippen molar-refractivity contribution < 1.29 is 24.5 Å². The third-order valence-electron chi connectivity index (χ3n) is 4.68. The molecule has 0 saturated carbocycles. The Labute approximate surface area is 155 Å². The summed E-state index contributed by atoms with van der Waals surface area (Å²) < 4.78 is 11.0. The van der Waals surface area contributed by atoms with E-state index in [-0.39, 0.29) is 19.1 Å². The first-order valence-corrected chi connectivity index (χ1v) is 9.54. The van der Waals surface area contributed by atoms with Gasteiger partial charge in [-0.2, -0.15) is 0 Å². The molecule has 146 valence electrons. The molecule has 0 aliphatic carbocycles. The summed E-state index contributed by atoms with van der Waals surface area (Å²) in [5.41, 5.74) is 1.11. The van der Waals surface area contributed by atoms with Crippen LogP contribution in [-0.2, 0) is 16.0 Å². The number of nitrogens with zero attached hydrogens (tertiary/aromatic N) is 1. The maximum atomic E-state index is 12.3. The molecular formula is C20H31NO5. The Hall–Kier alpha value is -1.63. The summed E-state index contributed by atoms with van der Waals surface area (Å²) in [6, 6.07) is 7.81. The second kappa shape index (κ2) is 11.2. The summed E-state index contributed by atoms with van der Waals surface area (Å²) in [7, 11) is 0. The zero-order valence-corrected chi connectivity index (χ0v) is 15.6. The first kappa shape index (κ1) is 20.7. The van der Waals surface area contributed by atoms with E-state index in [0.29, 0.717) is 26.1 Å². The molecule has 6 heteroatoms. The maximum absolute atomic E-state index is 12.3. The lowest BCUT2D eigenvalue weighted by Gasteiger charge is -2.26. The second-order valence-electron chi connectivity index (χ2n) is 6.67. The van der Waals surface area contributed by atoms with Crippen molar-refractivity contribution in [3.8, 4) is 5.75 Å². The summed E-state index contributed by atoms with van der Waals surface area (Å²) in [5.74, 6) is 0.701. The predicted octanol–water partition coefficient (Wildman–Crippen LogP) is 1.77. The number of benzene rings is 1. The van der Waals surface area contributed by atoms with Crippen LogP contribution in [0.5, 0.6) is 5.75 Å². The van der Waals surface area contributed by atoms with E-state index in [1.807, 2.05) is 31.2 Å². The standard InChI is InChI=1S/C20H31NO5/c1-2-25-15-20(24)21-12-7-3-4-8-16-9-5-6-10-19(16)26-14-18(23)17(22)11-13-21/h5-6,9-10,17-18,22-23H,2-4,7-8,11-15H2,1H3/t17-,18+/m0/s1. The molecule has 2 N–H and O–H groups in total. The molecule has 2 atom stereocenters. The molecule has 1 aliphatic heterocycles. The number of aliphatic hydroxyl groups excluding tert-OH is 2. The van der Waals surface area contributed by atoms with Crippen LogP contribution in [-0.4, -0.2) is 66.1 Å². The van der Waals surface area contributed by atoms with Crippen LogP contribution in [0.3, 0.4) is 0 Å². The van der Waals surface area contributed by atoms with Crippen molar-refractivity contribution in [1.29, 1.82) is 0 Å². The fourth-order valence-corrected chi connectivity index (χ4v) is 3.05. The van der Waals surface area contributed by atoms with E-state index in [1.54, 1.807) is 4.90 Å². The lowest BCUT2D eigenvalue weighted by molar-refractivity contribution is -0.136. The van der Waals surface area contributed by atoms with Gasteiger partial charge in [0.05, 0.1) is 6.10 Å². The van der Waals surface area contributed by atoms with E-state index in [0.717, 1.165) is 37.0 Å². The highest BCUT2D eigenvalue weighted by Crippen LogP contribution is 2.21. The third kappa shape index (κ3) is 6.59. The van der Waals surface area contributed by atoms with Crippen molar-refractivity contribution in [2.45, 2.75) is 51.2 Å². The van der Waals surface area contributed by atoms with E-state index >= 15 is 0 Å². The van der Waals surface area contributed by atoms with Crippen molar-refractivity contribution >= 4 is 5.91 Å². The van der Waals surface area contributed by atoms with Gasteiger partial charge in [0.25, 0.3) is 0 Å². The fraction of sp³-hybridized carbons (Fsp3) is 0.650. The van der Waals surface area contributed by atoms with Crippen LogP contribution in [0.25, 0.3) is 0 Å². The smallest absolute Gasteiger partial charge is 0.248 e. The largest absolute Gasteiger partial charge is 0.491 e. The number of aliphatic hydroxyl groups is 2. The first-order valence-electron chi connectivity index (χ1n) is 9.54. The van der Waals surface area contributed by atoms with Crippen molar-refractivity contribution in [2.75, 3.05) is 32.9 Å². The number of rotatable bonds is 3. The number of fused-ring (bicyclic) bond motifs is 1. The minimum absolute atomic E-state index is 0.0328. The van der Waals surface area contributed by atoms with Crippen LogP contribution in [0.4, 0.5) is 0 Å². The summed E-state index contributed by atoms with van der Waals surface area (Å²) in [4.78, 5) is 14.0. The predicted molar refractivity (Wildman–Crippen MR) is 99.2 cm³/mol. The number of hydrogen-bond donors (Lipinski definition) is 2. The highest BCUT2D eigenvalue weighted by atomic mass is 16.5. The number of amides is 1. The average Bonchev–Trinajstić information content (AvgIpc) is 2.66. The van der Waals surface area contributed by atoms with Gasteiger partial charge in [0, 0.05) is 19.7 Å². The number of hydrogen-bond acceptors (Lipinski definition) is 5. The Morgan fingerprint density at radius 2 is 2.00 bits per heavy atom. The molecule has 0 bridgehead atoms. The minimum Gasteiger partial charge on any atom is -0.491 e. The molecule has 1 aromatic carbocycles. The number of ether oxygens (including phenoxy) is 2. The first-order chi connectivity index (χ1) is 12.6. The van der Waals surface area contributed by atoms with Gasteiger partial charge in [-0.1, -0.05) is 24.6 Å². The summed E-state index contributed by atoms with van der Waals surface area (Å²) in [6.07, 6.45) is 2.20. The van der Waals surface area contributed by atoms with Crippen LogP contribution in [0, 0.1) is 0 Å². The molecule has 1 amide bonds. The van der Waals surface area contributed by atoms with Gasteiger partial charge in [0.1, 0.15) is 25.1 Å². The van der Waals surface area contributed by atoms with E-state index in [1.165, 1.54) is 0 Å². The minimum atomic E-state index is -0.991. The number of carbonyl (C=O) groups excluding carboxylic acids is 1. The zero-order valence-electron chi connectivity index (χ0n) is 15.6. The average molecular weight is 365 g/mol. The third-order valence-corrected chi connectivity index (χ3v) is 4.68. The van der Waals surface area contributed by atoms with Gasteiger partial charge in [0.15, 0.2) is 0 Å². The Kier molecular flexibility index (Phi) is 8.88. The quantitative estimate of drug-likeness (QED) is 0.853. The van der Waals surface area contributed by atoms with Crippen LogP contribution >= 0.6 is 0 Å². The molecular weight excluding hydrogens is 334 g/mol. The van der Waals surface area contributed by atoms with Crippen molar-refractivity contribution in [3.63, 3.8) is 0 Å². The Morgan fingerprint density at radius 1 is 1.19 bits per heavy atom. The Morgan fingerprint density at radius 3 is 2.81 bits per heavy atom. The maximum Gasteiger partial charge on any atom is 0.248 e. The van der Waals surface area contributed by atoms with E-state index in [2.05, 4.69) is 0 Å². The molecule has 0 spiro atoms. The monoisotopic (exact) mass is 365 g/mol. The number of carbonyl (C=O) groups is 1. The normalized spacial score (nSPS) is 22.8. The van der Waals surface area contributed by atoms with Gasteiger partial charge in [-0.3, -0.25) is 4.79 Å². The molecule has 26 heavy (non-hydrogen) atoms. The molecule has 6 nitrogen and oxygen atoms in total. The molecule has 0 radical (unpaired) electrons. The van der Waals surface area contributed by atoms with Gasteiger partial charge in [-0.05, 0) is 44.2 Å². The summed E-state index contributed by atoms with van der Waals surface area (Å²) in [6.45, 7) is 3.50. The van der Waals surface area contributed by atoms with Crippen molar-refractivity contribution in [1.82, 2.24) is 4.90 Å². The van der Waals surface area contributed by atoms with E-state index in [9.17, 15) is 15.0 Å². The molecule has 0 unspecified atom stereocenters. The molecule has 1 aromatic rings. The second-order valence-corrected chi connectivity index (χ2v) is 6.67. The molecule has 0 fully saturated rings. The molecule has 0 saturated heterocycles. The van der Waals surface area contributed by atoms with E-state index < -0.39 is 12.2 Å². The van der Waals surface area contributed by atoms with Gasteiger partial charge < -0.3 is 24.6 Å². The molecule has 0 aromatic heterocycles. The highest BCUT2D eigenvalue weighted by Gasteiger charge is 2.21. The molecule has 2 rings (SSSR count). The number of para-hydroxylation sites is 1. The summed E-state index contributed by atoms with van der Waals surface area (Å²) in [5, 5.41) is 20.4. The Balaban J connectivity index is 2.02.